The van der Waals surface area contributed by atoms with E-state index < -0.39 is 0 Å². The van der Waals surface area contributed by atoms with Crippen LogP contribution in [0.25, 0.3) is 0 Å². The number of morpholine rings is 1. The van der Waals surface area contributed by atoms with Crippen LogP contribution in [-0.4, -0.2) is 73.9 Å². The highest BCUT2D eigenvalue weighted by Gasteiger charge is 2.21. The van der Waals surface area contributed by atoms with Crippen molar-refractivity contribution in [2.45, 2.75) is 58.9 Å². The number of guanidine groups is 1. The maximum absolute atomic E-state index is 5.78. The van der Waals surface area contributed by atoms with Crippen molar-refractivity contribution < 1.29 is 9.47 Å². The van der Waals surface area contributed by atoms with Crippen LogP contribution in [-0.2, 0) is 22.6 Å². The van der Waals surface area contributed by atoms with Crippen LogP contribution >= 0.6 is 0 Å². The van der Waals surface area contributed by atoms with E-state index in [2.05, 4.69) is 60.2 Å². The minimum atomic E-state index is 0.325. The Balaban J connectivity index is 1.57. The van der Waals surface area contributed by atoms with Gasteiger partial charge in [-0.05, 0) is 44.7 Å². The summed E-state index contributed by atoms with van der Waals surface area (Å²) in [7, 11) is 0. The molecule has 0 radical (unpaired) electrons. The maximum Gasteiger partial charge on any atom is 0.194 e. The third-order valence-corrected chi connectivity index (χ3v) is 5.61. The molecule has 0 saturated carbocycles. The molecule has 1 N–H and O–H groups in total. The molecule has 1 aromatic rings. The molecule has 0 aliphatic carbocycles. The van der Waals surface area contributed by atoms with Gasteiger partial charge in [-0.1, -0.05) is 24.3 Å². The second kappa shape index (κ2) is 11.5. The normalized spacial score (nSPS) is 22.1. The summed E-state index contributed by atoms with van der Waals surface area (Å²) in [4.78, 5) is 9.78. The van der Waals surface area contributed by atoms with E-state index >= 15 is 0 Å². The van der Waals surface area contributed by atoms with Gasteiger partial charge in [-0.15, -0.1) is 0 Å². The lowest BCUT2D eigenvalue weighted by Gasteiger charge is -2.34. The number of ether oxygens (including phenoxy) is 2. The fraction of sp³-hybridized carbons (Fsp3) is 0.696. The van der Waals surface area contributed by atoms with Gasteiger partial charge in [0.2, 0.25) is 0 Å². The summed E-state index contributed by atoms with van der Waals surface area (Å²) in [5.74, 6) is 1.02. The van der Waals surface area contributed by atoms with E-state index in [-0.39, 0.29) is 0 Å². The lowest BCUT2D eigenvalue weighted by atomic mass is 10.1. The Bertz CT molecular complexity index is 644. The summed E-state index contributed by atoms with van der Waals surface area (Å²) >= 11 is 0. The Morgan fingerprint density at radius 1 is 1.21 bits per heavy atom. The number of aliphatic imine (C=N–C) groups is 1. The number of nitrogens with zero attached hydrogens (tertiary/aromatic N) is 3. The number of piperidine rings is 1. The van der Waals surface area contributed by atoms with Crippen molar-refractivity contribution in [2.75, 3.05) is 45.9 Å². The first kappa shape index (κ1) is 22.1. The monoisotopic (exact) mass is 402 g/mol. The highest BCUT2D eigenvalue weighted by molar-refractivity contribution is 5.80. The second-order valence-electron chi connectivity index (χ2n) is 8.05. The molecule has 0 aromatic heterocycles. The largest absolute Gasteiger partial charge is 0.378 e. The standard InChI is InChI=1S/C23H38N4O2/c1-4-24-23(27-11-9-22(10-12-27)28-5-2)25-16-20-7-6-8-21(15-20)18-26-13-14-29-19(3)17-26/h6-8,15,19,22H,4-5,9-14,16-18H2,1-3H3,(H,24,25). The summed E-state index contributed by atoms with van der Waals surface area (Å²) in [6.45, 7) is 14.6. The van der Waals surface area contributed by atoms with Crippen molar-refractivity contribution in [3.63, 3.8) is 0 Å². The molecule has 0 bridgehead atoms. The van der Waals surface area contributed by atoms with Crippen molar-refractivity contribution in [3.05, 3.63) is 35.4 Å². The second-order valence-corrected chi connectivity index (χ2v) is 8.05. The maximum atomic E-state index is 5.78. The van der Waals surface area contributed by atoms with Gasteiger partial charge in [-0.2, -0.15) is 0 Å². The summed E-state index contributed by atoms with van der Waals surface area (Å²) < 4.78 is 11.4. The Morgan fingerprint density at radius 3 is 2.72 bits per heavy atom. The van der Waals surface area contributed by atoms with Gasteiger partial charge in [0.25, 0.3) is 0 Å². The molecule has 3 rings (SSSR count). The van der Waals surface area contributed by atoms with Crippen LogP contribution in [0.15, 0.2) is 29.3 Å². The van der Waals surface area contributed by atoms with Crippen molar-refractivity contribution in [1.82, 2.24) is 15.1 Å². The fourth-order valence-corrected chi connectivity index (χ4v) is 4.18. The van der Waals surface area contributed by atoms with E-state index in [1.807, 2.05) is 0 Å². The van der Waals surface area contributed by atoms with Crippen LogP contribution in [0, 0.1) is 0 Å². The highest BCUT2D eigenvalue weighted by Crippen LogP contribution is 2.15. The summed E-state index contributed by atoms with van der Waals surface area (Å²) in [5, 5.41) is 3.47. The van der Waals surface area contributed by atoms with Gasteiger partial charge in [0.15, 0.2) is 5.96 Å². The zero-order valence-corrected chi connectivity index (χ0v) is 18.4. The van der Waals surface area contributed by atoms with Gasteiger partial charge in [0.1, 0.15) is 0 Å². The average Bonchev–Trinajstić information content (AvgIpc) is 2.72. The summed E-state index contributed by atoms with van der Waals surface area (Å²) in [6.07, 6.45) is 2.88. The molecule has 1 unspecified atom stereocenters. The lowest BCUT2D eigenvalue weighted by molar-refractivity contribution is -0.0212. The Morgan fingerprint density at radius 2 is 2.00 bits per heavy atom. The van der Waals surface area contributed by atoms with Crippen LogP contribution in [0.3, 0.4) is 0 Å². The molecule has 2 aliphatic rings. The van der Waals surface area contributed by atoms with E-state index in [0.717, 1.165) is 71.3 Å². The van der Waals surface area contributed by atoms with E-state index in [0.29, 0.717) is 18.8 Å². The molecule has 6 nitrogen and oxygen atoms in total. The number of likely N-dealkylation sites (tertiary alicyclic amines) is 1. The molecule has 1 aromatic carbocycles. The number of benzene rings is 1. The third kappa shape index (κ3) is 6.98. The van der Waals surface area contributed by atoms with Crippen molar-refractivity contribution in [1.29, 1.82) is 0 Å². The molecule has 6 heteroatoms. The lowest BCUT2D eigenvalue weighted by Crippen LogP contribution is -2.47. The van der Waals surface area contributed by atoms with Gasteiger partial charge >= 0.3 is 0 Å². The predicted molar refractivity (Wildman–Crippen MR) is 118 cm³/mol. The molecule has 0 amide bonds. The highest BCUT2D eigenvalue weighted by atomic mass is 16.5. The van der Waals surface area contributed by atoms with Crippen molar-refractivity contribution in [3.8, 4) is 0 Å². The zero-order chi connectivity index (χ0) is 20.5. The smallest absolute Gasteiger partial charge is 0.194 e. The molecule has 0 spiro atoms. The van der Waals surface area contributed by atoms with Gasteiger partial charge in [0, 0.05) is 45.9 Å². The van der Waals surface area contributed by atoms with Crippen LogP contribution < -0.4 is 5.32 Å². The zero-order valence-electron chi connectivity index (χ0n) is 18.4. The topological polar surface area (TPSA) is 49.3 Å². The first-order chi connectivity index (χ1) is 14.2. The Kier molecular flexibility index (Phi) is 8.77. The van der Waals surface area contributed by atoms with Gasteiger partial charge in [-0.25, -0.2) is 4.99 Å². The van der Waals surface area contributed by atoms with Crippen molar-refractivity contribution in [2.24, 2.45) is 4.99 Å². The van der Waals surface area contributed by atoms with Gasteiger partial charge in [0.05, 0.1) is 25.4 Å². The summed E-state index contributed by atoms with van der Waals surface area (Å²) in [6, 6.07) is 8.86. The number of rotatable bonds is 7. The fourth-order valence-electron chi connectivity index (χ4n) is 4.18. The Labute approximate surface area is 176 Å². The van der Waals surface area contributed by atoms with Crippen LogP contribution in [0.2, 0.25) is 0 Å². The molecule has 2 heterocycles. The van der Waals surface area contributed by atoms with Gasteiger partial charge < -0.3 is 19.7 Å². The number of hydrogen-bond donors (Lipinski definition) is 1. The molecular weight excluding hydrogens is 364 g/mol. The molecule has 2 fully saturated rings. The van der Waals surface area contributed by atoms with Crippen LogP contribution in [0.1, 0.15) is 44.7 Å². The van der Waals surface area contributed by atoms with E-state index in [1.165, 1.54) is 11.1 Å². The molecule has 1 atom stereocenters. The van der Waals surface area contributed by atoms with E-state index in [4.69, 9.17) is 14.5 Å². The predicted octanol–water partition coefficient (Wildman–Crippen LogP) is 2.87. The molecule has 162 valence electrons. The van der Waals surface area contributed by atoms with Crippen LogP contribution in [0.5, 0.6) is 0 Å². The number of nitrogens with one attached hydrogen (secondary N) is 1. The third-order valence-electron chi connectivity index (χ3n) is 5.61. The minimum absolute atomic E-state index is 0.325. The van der Waals surface area contributed by atoms with E-state index in [9.17, 15) is 0 Å². The Hall–Kier alpha value is -1.63. The van der Waals surface area contributed by atoms with Crippen LogP contribution in [0.4, 0.5) is 0 Å². The molecule has 2 saturated heterocycles. The number of hydrogen-bond acceptors (Lipinski definition) is 4. The summed E-state index contributed by atoms with van der Waals surface area (Å²) in [5.41, 5.74) is 2.62. The van der Waals surface area contributed by atoms with E-state index in [1.54, 1.807) is 0 Å². The first-order valence-corrected chi connectivity index (χ1v) is 11.2. The minimum Gasteiger partial charge on any atom is -0.378 e. The van der Waals surface area contributed by atoms with Crippen molar-refractivity contribution >= 4 is 5.96 Å². The quantitative estimate of drug-likeness (QED) is 0.561. The average molecular weight is 403 g/mol. The SMILES string of the molecule is CCNC(=NCc1cccc(CN2CCOC(C)C2)c1)N1CCC(OCC)CC1. The van der Waals surface area contributed by atoms with Gasteiger partial charge in [-0.3, -0.25) is 4.90 Å². The molecule has 29 heavy (non-hydrogen) atoms. The molecular formula is C23H38N4O2. The first-order valence-electron chi connectivity index (χ1n) is 11.2. The molecule has 2 aliphatic heterocycles.